The van der Waals surface area contributed by atoms with Crippen molar-refractivity contribution in [3.8, 4) is 0 Å². The Kier molecular flexibility index (Phi) is 7.80. The van der Waals surface area contributed by atoms with E-state index < -0.39 is 13.9 Å². The van der Waals surface area contributed by atoms with Crippen LogP contribution in [0.15, 0.2) is 29.8 Å². The van der Waals surface area contributed by atoms with Crippen LogP contribution >= 0.6 is 0 Å². The Bertz CT molecular complexity index is 1080. The van der Waals surface area contributed by atoms with Gasteiger partial charge in [0.1, 0.15) is 5.60 Å². The van der Waals surface area contributed by atoms with Crippen LogP contribution in [0.3, 0.4) is 0 Å². The van der Waals surface area contributed by atoms with E-state index in [2.05, 4.69) is 63.0 Å². The third-order valence-electron chi connectivity index (χ3n) is 8.60. The van der Waals surface area contributed by atoms with E-state index in [1.165, 1.54) is 12.8 Å². The van der Waals surface area contributed by atoms with Crippen LogP contribution in [0, 0.1) is 0 Å². The molecule has 2 bridgehead atoms. The summed E-state index contributed by atoms with van der Waals surface area (Å²) in [5.74, 6) is -0.367. The van der Waals surface area contributed by atoms with Crippen molar-refractivity contribution in [2.24, 2.45) is 0 Å². The molecule has 3 aliphatic heterocycles. The standard InChI is InChI=1S/C30H46N2O5Si/c1-29(2,3)36-28(34)32-22-14-15-25(32)26(27(33)35-7)24(18-22)20-10-12-21(13-11-20)31-17-16-23(19-31)37-38(8,9)30(4,5)6/h10-13,22-23,25H,14-19H2,1-9H3/t22-,23-,25+/m0/s1. The first-order valence-electron chi connectivity index (χ1n) is 14.0. The van der Waals surface area contributed by atoms with Gasteiger partial charge in [-0.2, -0.15) is 0 Å². The summed E-state index contributed by atoms with van der Waals surface area (Å²) in [6.45, 7) is 19.0. The molecule has 0 aliphatic carbocycles. The minimum atomic E-state index is -1.80. The van der Waals surface area contributed by atoms with Gasteiger partial charge in [-0.05, 0) is 87.9 Å². The van der Waals surface area contributed by atoms with Crippen molar-refractivity contribution < 1.29 is 23.5 Å². The van der Waals surface area contributed by atoms with Crippen LogP contribution in [0.25, 0.3) is 5.57 Å². The first-order chi connectivity index (χ1) is 17.6. The number of esters is 1. The average molecular weight is 543 g/mol. The number of fused-ring (bicyclic) bond motifs is 2. The molecule has 8 heteroatoms. The summed E-state index contributed by atoms with van der Waals surface area (Å²) in [6.07, 6.45) is 3.14. The summed E-state index contributed by atoms with van der Waals surface area (Å²) in [5, 5.41) is 0.200. The Balaban J connectivity index is 1.54. The minimum Gasteiger partial charge on any atom is -0.466 e. The van der Waals surface area contributed by atoms with Gasteiger partial charge in [-0.15, -0.1) is 0 Å². The van der Waals surface area contributed by atoms with Crippen molar-refractivity contribution in [3.05, 3.63) is 35.4 Å². The van der Waals surface area contributed by atoms with Gasteiger partial charge < -0.3 is 18.8 Å². The normalized spacial score (nSPS) is 24.2. The second-order valence-electron chi connectivity index (χ2n) is 13.5. The summed E-state index contributed by atoms with van der Waals surface area (Å²) >= 11 is 0. The SMILES string of the molecule is COC(=O)C1=C(c2ccc(N3CC[C@H](O[Si](C)(C)C(C)(C)C)C3)cc2)C[C@@H]2CC[C@H]1N2C(=O)OC(C)(C)C. The summed E-state index contributed by atoms with van der Waals surface area (Å²) in [5.41, 5.74) is 3.17. The second-order valence-corrected chi connectivity index (χ2v) is 18.3. The Hall–Kier alpha value is -2.32. The lowest BCUT2D eigenvalue weighted by molar-refractivity contribution is -0.136. The zero-order valence-electron chi connectivity index (χ0n) is 24.7. The number of benzene rings is 1. The Labute approximate surface area is 229 Å². The van der Waals surface area contributed by atoms with Gasteiger partial charge in [0.05, 0.1) is 24.8 Å². The molecule has 1 amide bonds. The second kappa shape index (κ2) is 10.3. The molecule has 7 nitrogen and oxygen atoms in total. The molecular formula is C30H46N2O5Si. The van der Waals surface area contributed by atoms with E-state index in [9.17, 15) is 9.59 Å². The summed E-state index contributed by atoms with van der Waals surface area (Å²) in [7, 11) is -0.395. The molecule has 2 saturated heterocycles. The Morgan fingerprint density at radius 1 is 0.974 bits per heavy atom. The number of carbonyl (C=O) groups is 2. The summed E-state index contributed by atoms with van der Waals surface area (Å²) in [4.78, 5) is 30.2. The molecule has 0 radical (unpaired) electrons. The van der Waals surface area contributed by atoms with Crippen LogP contribution < -0.4 is 4.90 Å². The van der Waals surface area contributed by atoms with Crippen molar-refractivity contribution in [1.82, 2.24) is 4.90 Å². The molecule has 210 valence electrons. The monoisotopic (exact) mass is 542 g/mol. The number of carbonyl (C=O) groups excluding carboxylic acids is 2. The van der Waals surface area contributed by atoms with Crippen LogP contribution in [0.2, 0.25) is 18.1 Å². The fourth-order valence-electron chi connectivity index (χ4n) is 5.67. The van der Waals surface area contributed by atoms with Crippen molar-refractivity contribution >= 4 is 31.6 Å². The average Bonchev–Trinajstić information content (AvgIpc) is 3.39. The maximum Gasteiger partial charge on any atom is 0.411 e. The number of hydrogen-bond donors (Lipinski definition) is 0. The van der Waals surface area contributed by atoms with Crippen molar-refractivity contribution in [2.45, 2.75) is 109 Å². The lowest BCUT2D eigenvalue weighted by Gasteiger charge is -2.38. The molecule has 0 saturated carbocycles. The Morgan fingerprint density at radius 2 is 1.63 bits per heavy atom. The van der Waals surface area contributed by atoms with E-state index in [0.717, 1.165) is 43.5 Å². The van der Waals surface area contributed by atoms with Gasteiger partial charge in [0.15, 0.2) is 8.32 Å². The van der Waals surface area contributed by atoms with Crippen molar-refractivity contribution in [1.29, 1.82) is 0 Å². The molecular weight excluding hydrogens is 496 g/mol. The molecule has 3 aliphatic rings. The van der Waals surface area contributed by atoms with Gasteiger partial charge in [0.25, 0.3) is 0 Å². The van der Waals surface area contributed by atoms with Crippen molar-refractivity contribution in [3.63, 3.8) is 0 Å². The lowest BCUT2D eigenvalue weighted by Crippen LogP contribution is -2.48. The number of amides is 1. The summed E-state index contributed by atoms with van der Waals surface area (Å²) in [6, 6.07) is 8.21. The smallest absolute Gasteiger partial charge is 0.411 e. The molecule has 2 fully saturated rings. The molecule has 1 aromatic rings. The molecule has 1 aromatic carbocycles. The largest absolute Gasteiger partial charge is 0.466 e. The van der Waals surface area contributed by atoms with E-state index >= 15 is 0 Å². The molecule has 3 heterocycles. The quantitative estimate of drug-likeness (QED) is 0.317. The van der Waals surface area contributed by atoms with Gasteiger partial charge in [0, 0.05) is 24.8 Å². The fourth-order valence-corrected chi connectivity index (χ4v) is 7.05. The highest BCUT2D eigenvalue weighted by Crippen LogP contribution is 2.44. The lowest BCUT2D eigenvalue weighted by atomic mass is 9.88. The zero-order valence-corrected chi connectivity index (χ0v) is 25.7. The van der Waals surface area contributed by atoms with Crippen LogP contribution in [-0.4, -0.2) is 69.3 Å². The number of hydrogen-bond acceptors (Lipinski definition) is 6. The van der Waals surface area contributed by atoms with E-state index in [1.54, 1.807) is 4.90 Å². The first-order valence-corrected chi connectivity index (χ1v) is 16.9. The Morgan fingerprint density at radius 3 is 2.21 bits per heavy atom. The third kappa shape index (κ3) is 5.81. The number of anilines is 1. The minimum absolute atomic E-state index is 0.0183. The van der Waals surface area contributed by atoms with E-state index in [-0.39, 0.29) is 35.3 Å². The molecule has 3 atom stereocenters. The number of rotatable bonds is 5. The predicted octanol–water partition coefficient (Wildman–Crippen LogP) is 6.39. The van der Waals surface area contributed by atoms with Crippen LogP contribution in [0.5, 0.6) is 0 Å². The van der Waals surface area contributed by atoms with Crippen LogP contribution in [0.4, 0.5) is 10.5 Å². The van der Waals surface area contributed by atoms with Crippen LogP contribution in [-0.2, 0) is 18.7 Å². The van der Waals surface area contributed by atoms with Crippen molar-refractivity contribution in [2.75, 3.05) is 25.1 Å². The molecule has 0 unspecified atom stereocenters. The molecule has 4 rings (SSSR count). The highest BCUT2D eigenvalue weighted by molar-refractivity contribution is 6.74. The maximum atomic E-state index is 13.0. The van der Waals surface area contributed by atoms with E-state index in [0.29, 0.717) is 12.0 Å². The molecule has 38 heavy (non-hydrogen) atoms. The number of nitrogens with zero attached hydrogens (tertiary/aromatic N) is 2. The molecule has 0 aromatic heterocycles. The zero-order chi connectivity index (χ0) is 28.0. The van der Waals surface area contributed by atoms with Gasteiger partial charge >= 0.3 is 12.1 Å². The van der Waals surface area contributed by atoms with Crippen LogP contribution in [0.1, 0.15) is 72.8 Å². The summed E-state index contributed by atoms with van der Waals surface area (Å²) < 4.78 is 17.6. The number of methoxy groups -OCH3 is 1. The first kappa shape index (κ1) is 28.7. The van der Waals surface area contributed by atoms with Gasteiger partial charge in [-0.1, -0.05) is 32.9 Å². The highest BCUT2D eigenvalue weighted by Gasteiger charge is 2.48. The highest BCUT2D eigenvalue weighted by atomic mass is 28.4. The maximum absolute atomic E-state index is 13.0. The predicted molar refractivity (Wildman–Crippen MR) is 154 cm³/mol. The topological polar surface area (TPSA) is 68.3 Å². The van der Waals surface area contributed by atoms with E-state index in [4.69, 9.17) is 13.9 Å². The third-order valence-corrected chi connectivity index (χ3v) is 13.1. The van der Waals surface area contributed by atoms with Gasteiger partial charge in [-0.3, -0.25) is 4.90 Å². The van der Waals surface area contributed by atoms with Gasteiger partial charge in [-0.25, -0.2) is 9.59 Å². The van der Waals surface area contributed by atoms with Gasteiger partial charge in [0.2, 0.25) is 0 Å². The number of ether oxygens (including phenoxy) is 2. The fraction of sp³-hybridized carbons (Fsp3) is 0.667. The van der Waals surface area contributed by atoms with E-state index in [1.807, 2.05) is 20.8 Å². The molecule has 0 N–H and O–H groups in total. The molecule has 0 spiro atoms.